The molecular weight excluding hydrogens is 268 g/mol. The van der Waals surface area contributed by atoms with Gasteiger partial charge in [0.1, 0.15) is 5.56 Å². The van der Waals surface area contributed by atoms with Gasteiger partial charge in [-0.05, 0) is 24.6 Å². The van der Waals surface area contributed by atoms with Crippen molar-refractivity contribution in [3.63, 3.8) is 0 Å². The second-order valence-electron chi connectivity index (χ2n) is 4.23. The molecule has 104 valence electrons. The molecule has 1 amide bonds. The first-order valence-corrected chi connectivity index (χ1v) is 6.39. The normalized spacial score (nSPS) is 11.9. The summed E-state index contributed by atoms with van der Waals surface area (Å²) in [6, 6.07) is 4.57. The molecule has 0 bridgehead atoms. The highest BCUT2D eigenvalue weighted by Gasteiger charge is 2.17. The van der Waals surface area contributed by atoms with Crippen molar-refractivity contribution in [1.82, 2.24) is 0 Å². The van der Waals surface area contributed by atoms with Crippen LogP contribution in [0.1, 0.15) is 30.1 Å². The van der Waals surface area contributed by atoms with Crippen LogP contribution in [0.2, 0.25) is 5.02 Å². The first kappa shape index (κ1) is 15.5. The van der Waals surface area contributed by atoms with Gasteiger partial charge < -0.3 is 16.2 Å². The van der Waals surface area contributed by atoms with E-state index in [2.05, 4.69) is 5.32 Å². The predicted octanol–water partition coefficient (Wildman–Crippen LogP) is 2.35. The second kappa shape index (κ2) is 7.11. The number of aromatic carboxylic acids is 1. The Morgan fingerprint density at radius 2 is 2.16 bits per heavy atom. The molecule has 5 nitrogen and oxygen atoms in total. The van der Waals surface area contributed by atoms with Crippen LogP contribution in [0.4, 0.5) is 5.69 Å². The van der Waals surface area contributed by atoms with Crippen molar-refractivity contribution in [2.75, 3.05) is 11.9 Å². The van der Waals surface area contributed by atoms with Gasteiger partial charge >= 0.3 is 5.97 Å². The molecule has 0 heterocycles. The number of anilines is 1. The molecule has 0 aromatic heterocycles. The zero-order chi connectivity index (χ0) is 14.4. The fourth-order valence-electron chi connectivity index (χ4n) is 1.70. The number of halogens is 1. The molecule has 0 aliphatic rings. The molecule has 0 aliphatic carbocycles. The summed E-state index contributed by atoms with van der Waals surface area (Å²) in [5.74, 6) is -1.35. The van der Waals surface area contributed by atoms with Gasteiger partial charge in [0.2, 0.25) is 5.91 Å². The quantitative estimate of drug-likeness (QED) is 0.747. The number of rotatable bonds is 6. The van der Waals surface area contributed by atoms with Gasteiger partial charge in [0.05, 0.1) is 10.7 Å². The van der Waals surface area contributed by atoms with Crippen molar-refractivity contribution in [3.05, 3.63) is 28.8 Å². The number of carbonyl (C=O) groups excluding carboxylic acids is 1. The zero-order valence-corrected chi connectivity index (χ0v) is 11.4. The fourth-order valence-corrected chi connectivity index (χ4v) is 1.96. The van der Waals surface area contributed by atoms with Crippen LogP contribution in [0.15, 0.2) is 18.2 Å². The average Bonchev–Trinajstić information content (AvgIpc) is 2.35. The van der Waals surface area contributed by atoms with Gasteiger partial charge in [0.15, 0.2) is 0 Å². The van der Waals surface area contributed by atoms with Gasteiger partial charge in [-0.3, -0.25) is 4.79 Å². The van der Waals surface area contributed by atoms with Gasteiger partial charge in [0, 0.05) is 6.42 Å². The predicted molar refractivity (Wildman–Crippen MR) is 74.5 cm³/mol. The lowest BCUT2D eigenvalue weighted by Crippen LogP contribution is -2.22. The van der Waals surface area contributed by atoms with Crippen LogP contribution >= 0.6 is 11.6 Å². The highest BCUT2D eigenvalue weighted by Crippen LogP contribution is 2.24. The van der Waals surface area contributed by atoms with Gasteiger partial charge in [-0.1, -0.05) is 31.0 Å². The third-order valence-electron chi connectivity index (χ3n) is 2.89. The van der Waals surface area contributed by atoms with E-state index in [0.29, 0.717) is 6.54 Å². The Balaban J connectivity index is 2.85. The lowest BCUT2D eigenvalue weighted by molar-refractivity contribution is -0.117. The number of hydrogen-bond acceptors (Lipinski definition) is 3. The molecule has 6 heteroatoms. The molecule has 0 fully saturated rings. The highest BCUT2D eigenvalue weighted by molar-refractivity contribution is 6.34. The minimum absolute atomic E-state index is 0.0902. The van der Waals surface area contributed by atoms with E-state index in [1.807, 2.05) is 6.92 Å². The summed E-state index contributed by atoms with van der Waals surface area (Å²) in [6.07, 6.45) is 1.06. The molecular formula is C13H17ClN2O3. The molecule has 1 atom stereocenters. The number of benzene rings is 1. The van der Waals surface area contributed by atoms with Crippen LogP contribution in [0, 0.1) is 5.92 Å². The molecule has 0 spiro atoms. The van der Waals surface area contributed by atoms with E-state index in [1.165, 1.54) is 12.1 Å². The second-order valence-corrected chi connectivity index (χ2v) is 4.64. The minimum atomic E-state index is -1.17. The topological polar surface area (TPSA) is 92.4 Å². The number of carboxylic acid groups (broad SMARTS) is 1. The number of hydrogen-bond donors (Lipinski definition) is 3. The Kier molecular flexibility index (Phi) is 5.79. The molecule has 19 heavy (non-hydrogen) atoms. The molecule has 1 aromatic carbocycles. The lowest BCUT2D eigenvalue weighted by atomic mass is 10.0. The van der Waals surface area contributed by atoms with E-state index < -0.39 is 5.97 Å². The summed E-state index contributed by atoms with van der Waals surface area (Å²) >= 11 is 5.82. The molecule has 1 unspecified atom stereocenters. The van der Waals surface area contributed by atoms with E-state index in [0.717, 1.165) is 6.42 Å². The van der Waals surface area contributed by atoms with Crippen molar-refractivity contribution >= 4 is 29.2 Å². The van der Waals surface area contributed by atoms with Gasteiger partial charge in [-0.2, -0.15) is 0 Å². The standard InChI is InChI=1S/C13H17ClN2O3/c1-2-8(7-15)6-11(17)16-10-5-3-4-9(14)12(10)13(18)19/h3-5,8H,2,6-7,15H2,1H3,(H,16,17)(H,18,19). The van der Waals surface area contributed by atoms with Gasteiger partial charge in [-0.25, -0.2) is 4.79 Å². The molecule has 1 rings (SSSR count). The molecule has 0 radical (unpaired) electrons. The van der Waals surface area contributed by atoms with Crippen LogP contribution in [0.5, 0.6) is 0 Å². The van der Waals surface area contributed by atoms with Crippen molar-refractivity contribution in [2.24, 2.45) is 11.7 Å². The highest BCUT2D eigenvalue weighted by atomic mass is 35.5. The Morgan fingerprint density at radius 1 is 1.47 bits per heavy atom. The number of amides is 1. The van der Waals surface area contributed by atoms with Crippen molar-refractivity contribution in [1.29, 1.82) is 0 Å². The minimum Gasteiger partial charge on any atom is -0.478 e. The van der Waals surface area contributed by atoms with E-state index in [9.17, 15) is 9.59 Å². The fraction of sp³-hybridized carbons (Fsp3) is 0.385. The molecule has 0 saturated carbocycles. The number of nitrogens with one attached hydrogen (secondary N) is 1. The Labute approximate surface area is 116 Å². The largest absolute Gasteiger partial charge is 0.478 e. The first-order chi connectivity index (χ1) is 8.99. The van der Waals surface area contributed by atoms with Gasteiger partial charge in [-0.15, -0.1) is 0 Å². The van der Waals surface area contributed by atoms with E-state index in [-0.39, 0.29) is 34.5 Å². The summed E-state index contributed by atoms with van der Waals surface area (Å²) in [5, 5.41) is 11.7. The number of nitrogens with two attached hydrogens (primary N) is 1. The maximum Gasteiger partial charge on any atom is 0.339 e. The molecule has 4 N–H and O–H groups in total. The molecule has 1 aromatic rings. The van der Waals surface area contributed by atoms with Crippen LogP contribution in [0.25, 0.3) is 0 Å². The summed E-state index contributed by atoms with van der Waals surface area (Å²) in [7, 11) is 0. The van der Waals surface area contributed by atoms with Crippen LogP contribution < -0.4 is 11.1 Å². The van der Waals surface area contributed by atoms with Crippen LogP contribution in [0.3, 0.4) is 0 Å². The summed E-state index contributed by atoms with van der Waals surface area (Å²) in [5.41, 5.74) is 5.64. The van der Waals surface area contributed by atoms with E-state index >= 15 is 0 Å². The van der Waals surface area contributed by atoms with Crippen molar-refractivity contribution in [2.45, 2.75) is 19.8 Å². The number of carbonyl (C=O) groups is 2. The van der Waals surface area contributed by atoms with Crippen molar-refractivity contribution in [3.8, 4) is 0 Å². The SMILES string of the molecule is CCC(CN)CC(=O)Nc1cccc(Cl)c1C(=O)O. The third-order valence-corrected chi connectivity index (χ3v) is 3.20. The number of carboxylic acids is 1. The third kappa shape index (κ3) is 4.22. The van der Waals surface area contributed by atoms with E-state index in [4.69, 9.17) is 22.4 Å². The Morgan fingerprint density at radius 3 is 2.68 bits per heavy atom. The average molecular weight is 285 g/mol. The summed E-state index contributed by atoms with van der Waals surface area (Å²) in [4.78, 5) is 22.9. The Hall–Kier alpha value is -1.59. The summed E-state index contributed by atoms with van der Waals surface area (Å²) in [6.45, 7) is 2.37. The van der Waals surface area contributed by atoms with E-state index in [1.54, 1.807) is 6.07 Å². The van der Waals surface area contributed by atoms with Gasteiger partial charge in [0.25, 0.3) is 0 Å². The smallest absolute Gasteiger partial charge is 0.339 e. The van der Waals surface area contributed by atoms with Crippen LogP contribution in [-0.4, -0.2) is 23.5 Å². The Bertz CT molecular complexity index is 473. The lowest BCUT2D eigenvalue weighted by Gasteiger charge is -2.13. The molecule has 0 saturated heterocycles. The maximum absolute atomic E-state index is 11.8. The zero-order valence-electron chi connectivity index (χ0n) is 10.6. The maximum atomic E-state index is 11.8. The first-order valence-electron chi connectivity index (χ1n) is 6.01. The van der Waals surface area contributed by atoms with Crippen molar-refractivity contribution < 1.29 is 14.7 Å². The van der Waals surface area contributed by atoms with Crippen LogP contribution in [-0.2, 0) is 4.79 Å². The summed E-state index contributed by atoms with van der Waals surface area (Å²) < 4.78 is 0. The molecule has 0 aliphatic heterocycles. The monoisotopic (exact) mass is 284 g/mol.